The lowest BCUT2D eigenvalue weighted by molar-refractivity contribution is -0.0863. The van der Waals surface area contributed by atoms with Gasteiger partial charge in [-0.25, -0.2) is 0 Å². The van der Waals surface area contributed by atoms with Gasteiger partial charge in [0.25, 0.3) is 0 Å². The topological polar surface area (TPSA) is 0 Å². The Morgan fingerprint density at radius 3 is 2.14 bits per heavy atom. The summed E-state index contributed by atoms with van der Waals surface area (Å²) in [6, 6.07) is 14.6. The summed E-state index contributed by atoms with van der Waals surface area (Å²) in [7, 11) is 0. The molecule has 4 heteroatoms. The molecule has 106 valence electrons. The SMILES string of the molecule is FC(F)(F)/C(C#Cc1ccccc1)=C\c1ccc(Cl)cc1. The van der Waals surface area contributed by atoms with Gasteiger partial charge in [-0.2, -0.15) is 13.2 Å². The van der Waals surface area contributed by atoms with Gasteiger partial charge in [-0.15, -0.1) is 0 Å². The molecule has 0 fully saturated rings. The van der Waals surface area contributed by atoms with E-state index < -0.39 is 11.7 Å². The number of alkyl halides is 3. The predicted molar refractivity (Wildman–Crippen MR) is 78.8 cm³/mol. The van der Waals surface area contributed by atoms with E-state index >= 15 is 0 Å². The van der Waals surface area contributed by atoms with Crippen molar-refractivity contribution in [2.24, 2.45) is 0 Å². The fraction of sp³-hybridized carbons (Fsp3) is 0.0588. The zero-order chi connectivity index (χ0) is 15.3. The zero-order valence-corrected chi connectivity index (χ0v) is 11.5. The fourth-order valence-electron chi connectivity index (χ4n) is 1.58. The Bertz CT molecular complexity index is 687. The predicted octanol–water partition coefficient (Wildman–Crippen LogP) is 5.34. The van der Waals surface area contributed by atoms with Crippen LogP contribution in [0.1, 0.15) is 11.1 Å². The summed E-state index contributed by atoms with van der Waals surface area (Å²) >= 11 is 5.71. The first-order valence-corrected chi connectivity index (χ1v) is 6.44. The average Bonchev–Trinajstić information content (AvgIpc) is 2.45. The van der Waals surface area contributed by atoms with Crippen molar-refractivity contribution in [2.45, 2.75) is 6.18 Å². The van der Waals surface area contributed by atoms with E-state index in [9.17, 15) is 13.2 Å². The van der Waals surface area contributed by atoms with Crippen LogP contribution < -0.4 is 0 Å². The molecular formula is C17H10ClF3. The first kappa shape index (κ1) is 15.2. The molecule has 0 heterocycles. The third-order valence-corrected chi connectivity index (χ3v) is 2.85. The van der Waals surface area contributed by atoms with Gasteiger partial charge >= 0.3 is 6.18 Å². The van der Waals surface area contributed by atoms with Crippen molar-refractivity contribution in [1.29, 1.82) is 0 Å². The molecule has 0 spiro atoms. The molecule has 0 saturated carbocycles. The zero-order valence-electron chi connectivity index (χ0n) is 10.8. The molecule has 0 nitrogen and oxygen atoms in total. The number of allylic oxidation sites excluding steroid dienone is 1. The molecule has 0 aliphatic carbocycles. The summed E-state index contributed by atoms with van der Waals surface area (Å²) in [5.41, 5.74) is 0.0338. The Kier molecular flexibility index (Phi) is 4.72. The van der Waals surface area contributed by atoms with E-state index in [1.165, 1.54) is 24.3 Å². The molecule has 0 atom stereocenters. The van der Waals surface area contributed by atoms with Crippen molar-refractivity contribution < 1.29 is 13.2 Å². The lowest BCUT2D eigenvalue weighted by Crippen LogP contribution is -2.10. The molecule has 0 radical (unpaired) electrons. The summed E-state index contributed by atoms with van der Waals surface area (Å²) in [4.78, 5) is 0. The van der Waals surface area contributed by atoms with Crippen molar-refractivity contribution in [2.75, 3.05) is 0 Å². The highest BCUT2D eigenvalue weighted by atomic mass is 35.5. The molecule has 0 aromatic heterocycles. The van der Waals surface area contributed by atoms with E-state index in [-0.39, 0.29) is 0 Å². The summed E-state index contributed by atoms with van der Waals surface area (Å²) in [5, 5.41) is 0.469. The molecule has 2 aromatic carbocycles. The summed E-state index contributed by atoms with van der Waals surface area (Å²) in [5.74, 6) is 4.71. The second-order valence-electron chi connectivity index (χ2n) is 4.22. The van der Waals surface area contributed by atoms with E-state index in [0.29, 0.717) is 16.1 Å². The smallest absolute Gasteiger partial charge is 0.165 e. The second-order valence-corrected chi connectivity index (χ2v) is 4.66. The molecule has 21 heavy (non-hydrogen) atoms. The van der Waals surface area contributed by atoms with Crippen LogP contribution in [0.3, 0.4) is 0 Å². The minimum absolute atomic E-state index is 0.397. The Labute approximate surface area is 125 Å². The molecule has 0 unspecified atom stereocenters. The average molecular weight is 307 g/mol. The highest BCUT2D eigenvalue weighted by molar-refractivity contribution is 6.30. The van der Waals surface area contributed by atoms with Crippen LogP contribution in [0.2, 0.25) is 5.02 Å². The lowest BCUT2D eigenvalue weighted by atomic mass is 10.1. The Balaban J connectivity index is 2.36. The first-order valence-electron chi connectivity index (χ1n) is 6.07. The Morgan fingerprint density at radius 1 is 0.952 bits per heavy atom. The van der Waals surface area contributed by atoms with Crippen LogP contribution in [0.5, 0.6) is 0 Å². The third kappa shape index (κ3) is 4.70. The molecular weight excluding hydrogens is 297 g/mol. The standard InChI is InChI=1S/C17H10ClF3/c18-16-10-7-14(8-11-16)12-15(17(19,20)21)9-6-13-4-2-1-3-5-13/h1-5,7-8,10-12H/b15-12-. The van der Waals surface area contributed by atoms with Crippen molar-refractivity contribution in [3.05, 3.63) is 76.3 Å². The third-order valence-electron chi connectivity index (χ3n) is 2.60. The van der Waals surface area contributed by atoms with E-state index in [4.69, 9.17) is 11.6 Å². The van der Waals surface area contributed by atoms with E-state index in [1.54, 1.807) is 30.3 Å². The molecule has 0 aliphatic heterocycles. The van der Waals surface area contributed by atoms with E-state index in [2.05, 4.69) is 11.8 Å². The number of hydrogen-bond acceptors (Lipinski definition) is 0. The molecule has 0 bridgehead atoms. The normalized spacial score (nSPS) is 11.7. The fourth-order valence-corrected chi connectivity index (χ4v) is 1.70. The lowest BCUT2D eigenvalue weighted by Gasteiger charge is -2.05. The van der Waals surface area contributed by atoms with Gasteiger partial charge in [-0.05, 0) is 35.9 Å². The maximum Gasteiger partial charge on any atom is 0.424 e. The molecule has 0 N–H and O–H groups in total. The quantitative estimate of drug-likeness (QED) is 0.624. The van der Waals surface area contributed by atoms with Crippen LogP contribution in [0.4, 0.5) is 13.2 Å². The summed E-state index contributed by atoms with van der Waals surface area (Å²) in [6.07, 6.45) is -3.49. The van der Waals surface area contributed by atoms with Crippen LogP contribution >= 0.6 is 11.6 Å². The van der Waals surface area contributed by atoms with Gasteiger partial charge in [0, 0.05) is 10.6 Å². The Hall–Kier alpha value is -2.18. The number of hydrogen-bond donors (Lipinski definition) is 0. The molecule has 0 saturated heterocycles. The number of halogens is 4. The summed E-state index contributed by atoms with van der Waals surface area (Å²) in [6.45, 7) is 0. The first-order chi connectivity index (χ1) is 9.95. The molecule has 0 amide bonds. The van der Waals surface area contributed by atoms with Crippen LogP contribution in [-0.4, -0.2) is 6.18 Å². The monoisotopic (exact) mass is 306 g/mol. The van der Waals surface area contributed by atoms with Crippen LogP contribution in [0, 0.1) is 11.8 Å². The van der Waals surface area contributed by atoms with Crippen LogP contribution in [0.25, 0.3) is 6.08 Å². The van der Waals surface area contributed by atoms with Gasteiger partial charge in [0.2, 0.25) is 0 Å². The van der Waals surface area contributed by atoms with Crippen molar-refractivity contribution >= 4 is 17.7 Å². The number of rotatable bonds is 1. The largest absolute Gasteiger partial charge is 0.424 e. The van der Waals surface area contributed by atoms with Crippen LogP contribution in [-0.2, 0) is 0 Å². The van der Waals surface area contributed by atoms with E-state index in [0.717, 1.165) is 6.08 Å². The maximum absolute atomic E-state index is 13.0. The second kappa shape index (κ2) is 6.51. The van der Waals surface area contributed by atoms with E-state index in [1.807, 2.05) is 0 Å². The molecule has 0 aliphatic rings. The van der Waals surface area contributed by atoms with Crippen LogP contribution in [0.15, 0.2) is 60.2 Å². The van der Waals surface area contributed by atoms with Gasteiger partial charge in [-0.1, -0.05) is 53.8 Å². The van der Waals surface area contributed by atoms with Gasteiger partial charge in [0.05, 0.1) is 0 Å². The van der Waals surface area contributed by atoms with Crippen molar-refractivity contribution in [1.82, 2.24) is 0 Å². The molecule has 2 aromatic rings. The number of benzene rings is 2. The van der Waals surface area contributed by atoms with Crippen molar-refractivity contribution in [3.8, 4) is 11.8 Å². The summed E-state index contributed by atoms with van der Waals surface area (Å²) < 4.78 is 39.0. The van der Waals surface area contributed by atoms with Gasteiger partial charge in [0.15, 0.2) is 0 Å². The van der Waals surface area contributed by atoms with Gasteiger partial charge in [0.1, 0.15) is 5.57 Å². The van der Waals surface area contributed by atoms with Gasteiger partial charge < -0.3 is 0 Å². The van der Waals surface area contributed by atoms with Crippen molar-refractivity contribution in [3.63, 3.8) is 0 Å². The maximum atomic E-state index is 13.0. The van der Waals surface area contributed by atoms with Gasteiger partial charge in [-0.3, -0.25) is 0 Å². The Morgan fingerprint density at radius 2 is 1.57 bits per heavy atom. The highest BCUT2D eigenvalue weighted by Crippen LogP contribution is 2.27. The molecule has 2 rings (SSSR count). The minimum atomic E-state index is -4.50. The highest BCUT2D eigenvalue weighted by Gasteiger charge is 2.32. The minimum Gasteiger partial charge on any atom is -0.165 e.